The lowest BCUT2D eigenvalue weighted by atomic mass is 9.91. The summed E-state index contributed by atoms with van der Waals surface area (Å²) in [6.07, 6.45) is 0.998. The third-order valence-electron chi connectivity index (χ3n) is 5.76. The van der Waals surface area contributed by atoms with Crippen molar-refractivity contribution < 1.29 is 13.6 Å². The molecule has 31 heavy (non-hydrogen) atoms. The first kappa shape index (κ1) is 19.5. The molecule has 1 saturated heterocycles. The zero-order chi connectivity index (χ0) is 21.8. The predicted molar refractivity (Wildman–Crippen MR) is 112 cm³/mol. The van der Waals surface area contributed by atoms with Crippen molar-refractivity contribution in [1.82, 2.24) is 24.5 Å². The van der Waals surface area contributed by atoms with Gasteiger partial charge in [-0.25, -0.2) is 18.3 Å². The number of carbonyl (C=O) groups excluding carboxylic acids is 1. The molecule has 1 atom stereocenters. The Labute approximate surface area is 177 Å². The number of hydrogen-bond acceptors (Lipinski definition) is 4. The molecule has 2 aromatic heterocycles. The van der Waals surface area contributed by atoms with Gasteiger partial charge in [0.05, 0.1) is 12.2 Å². The van der Waals surface area contributed by atoms with E-state index in [1.807, 2.05) is 31.2 Å². The van der Waals surface area contributed by atoms with Crippen LogP contribution in [0.15, 0.2) is 48.8 Å². The van der Waals surface area contributed by atoms with Gasteiger partial charge in [-0.1, -0.05) is 29.8 Å². The van der Waals surface area contributed by atoms with Gasteiger partial charge in [0.1, 0.15) is 6.33 Å². The highest BCUT2D eigenvalue weighted by Crippen LogP contribution is 2.37. The molecule has 2 aromatic carbocycles. The van der Waals surface area contributed by atoms with Crippen molar-refractivity contribution >= 4 is 22.5 Å². The minimum Gasteiger partial charge on any atom is -0.332 e. The zero-order valence-corrected chi connectivity index (χ0v) is 17.2. The smallest absolute Gasteiger partial charge is 0.266 e. The van der Waals surface area contributed by atoms with Crippen LogP contribution in [-0.2, 0) is 0 Å². The molecule has 1 amide bonds. The van der Waals surface area contributed by atoms with Gasteiger partial charge in [-0.15, -0.1) is 0 Å². The number of aryl methyl sites for hydroxylation is 2. The Morgan fingerprint density at radius 1 is 1.10 bits per heavy atom. The molecule has 0 bridgehead atoms. The van der Waals surface area contributed by atoms with Gasteiger partial charge >= 0.3 is 0 Å². The summed E-state index contributed by atoms with van der Waals surface area (Å²) >= 11 is 0. The van der Waals surface area contributed by atoms with Crippen molar-refractivity contribution in [2.24, 2.45) is 0 Å². The summed E-state index contributed by atoms with van der Waals surface area (Å²) in [6, 6.07) is 13.0. The summed E-state index contributed by atoms with van der Waals surface area (Å²) in [4.78, 5) is 22.8. The lowest BCUT2D eigenvalue weighted by Gasteiger charge is -2.37. The first-order chi connectivity index (χ1) is 14.8. The van der Waals surface area contributed by atoms with E-state index in [0.717, 1.165) is 16.3 Å². The van der Waals surface area contributed by atoms with Crippen molar-refractivity contribution in [3.8, 4) is 0 Å². The summed E-state index contributed by atoms with van der Waals surface area (Å²) in [5.41, 5.74) is 2.79. The van der Waals surface area contributed by atoms with E-state index in [1.165, 1.54) is 15.7 Å². The Bertz CT molecular complexity index is 1320. The summed E-state index contributed by atoms with van der Waals surface area (Å²) in [5.74, 6) is -3.61. The summed E-state index contributed by atoms with van der Waals surface area (Å²) in [5, 5.41) is 6.07. The maximum absolute atomic E-state index is 14.7. The number of amides is 1. The number of likely N-dealkylation sites (tertiary alicyclic amines) is 1. The van der Waals surface area contributed by atoms with Crippen molar-refractivity contribution in [3.05, 3.63) is 71.3 Å². The highest BCUT2D eigenvalue weighted by Gasteiger charge is 2.43. The standard InChI is InChI=1S/C23H21F2N5O/c1-14-3-4-17-9-18(6-5-16(17)7-14)21(31)29-11-19(10-23(24,25)12-29)20-8-15(2)28-22-26-13-27-30(20)22/h3-9,13,19H,10-12H2,1-2H3. The fourth-order valence-corrected chi connectivity index (χ4v) is 4.38. The van der Waals surface area contributed by atoms with E-state index in [0.29, 0.717) is 22.7 Å². The predicted octanol–water partition coefficient (Wildman–Crippen LogP) is 4.16. The van der Waals surface area contributed by atoms with Crippen LogP contribution in [0.1, 0.15) is 39.6 Å². The van der Waals surface area contributed by atoms with E-state index < -0.39 is 24.3 Å². The minimum absolute atomic E-state index is 0.179. The average Bonchev–Trinajstić information content (AvgIpc) is 3.19. The maximum atomic E-state index is 14.7. The molecule has 0 aliphatic carbocycles. The molecule has 1 fully saturated rings. The van der Waals surface area contributed by atoms with Crippen LogP contribution >= 0.6 is 0 Å². The number of fused-ring (bicyclic) bond motifs is 2. The first-order valence-electron chi connectivity index (χ1n) is 10.1. The highest BCUT2D eigenvalue weighted by atomic mass is 19.3. The van der Waals surface area contributed by atoms with Crippen LogP contribution in [0, 0.1) is 13.8 Å². The number of benzene rings is 2. The number of piperidine rings is 1. The van der Waals surface area contributed by atoms with Crippen molar-refractivity contribution in [3.63, 3.8) is 0 Å². The van der Waals surface area contributed by atoms with E-state index in [4.69, 9.17) is 0 Å². The van der Waals surface area contributed by atoms with Gasteiger partial charge in [0.2, 0.25) is 0 Å². The fourth-order valence-electron chi connectivity index (χ4n) is 4.38. The second-order valence-electron chi connectivity index (χ2n) is 8.30. The van der Waals surface area contributed by atoms with E-state index in [2.05, 4.69) is 15.1 Å². The minimum atomic E-state index is -3.00. The van der Waals surface area contributed by atoms with Gasteiger partial charge in [-0.05, 0) is 42.8 Å². The lowest BCUT2D eigenvalue weighted by molar-refractivity contribution is -0.0641. The Morgan fingerprint density at radius 3 is 2.71 bits per heavy atom. The molecular weight excluding hydrogens is 400 g/mol. The van der Waals surface area contributed by atoms with Crippen LogP contribution in [0.5, 0.6) is 0 Å². The zero-order valence-electron chi connectivity index (χ0n) is 17.2. The van der Waals surface area contributed by atoms with E-state index in [1.54, 1.807) is 25.1 Å². The van der Waals surface area contributed by atoms with Gasteiger partial charge in [0, 0.05) is 30.1 Å². The third kappa shape index (κ3) is 3.62. The fraction of sp³-hybridized carbons (Fsp3) is 0.304. The molecular formula is C23H21F2N5O. The number of nitrogens with zero attached hydrogens (tertiary/aromatic N) is 5. The third-order valence-corrected chi connectivity index (χ3v) is 5.76. The summed E-state index contributed by atoms with van der Waals surface area (Å²) in [7, 11) is 0. The summed E-state index contributed by atoms with van der Waals surface area (Å²) < 4.78 is 31.0. The van der Waals surface area contributed by atoms with Crippen molar-refractivity contribution in [2.45, 2.75) is 32.1 Å². The normalized spacial score (nSPS) is 18.6. The van der Waals surface area contributed by atoms with Crippen LogP contribution in [0.4, 0.5) is 8.78 Å². The number of hydrogen-bond donors (Lipinski definition) is 0. The second-order valence-corrected chi connectivity index (χ2v) is 8.30. The number of carbonyl (C=O) groups is 1. The molecule has 6 nitrogen and oxygen atoms in total. The number of alkyl halides is 2. The number of aromatic nitrogens is 4. The monoisotopic (exact) mass is 421 g/mol. The van der Waals surface area contributed by atoms with Gasteiger partial charge < -0.3 is 4.90 Å². The maximum Gasteiger partial charge on any atom is 0.266 e. The molecule has 3 heterocycles. The molecule has 0 N–H and O–H groups in total. The molecule has 0 spiro atoms. The van der Waals surface area contributed by atoms with E-state index >= 15 is 0 Å². The number of halogens is 2. The topological polar surface area (TPSA) is 63.4 Å². The van der Waals surface area contributed by atoms with Crippen molar-refractivity contribution in [1.29, 1.82) is 0 Å². The Balaban J connectivity index is 1.50. The molecule has 0 radical (unpaired) electrons. The molecule has 1 aliphatic heterocycles. The van der Waals surface area contributed by atoms with Gasteiger partial charge in [0.15, 0.2) is 0 Å². The molecule has 1 unspecified atom stereocenters. The van der Waals surface area contributed by atoms with Crippen LogP contribution in [0.2, 0.25) is 0 Å². The molecule has 0 saturated carbocycles. The summed E-state index contributed by atoms with van der Waals surface area (Å²) in [6.45, 7) is 3.37. The van der Waals surface area contributed by atoms with Crippen LogP contribution < -0.4 is 0 Å². The Kier molecular flexibility index (Phi) is 4.46. The molecule has 1 aliphatic rings. The largest absolute Gasteiger partial charge is 0.332 e. The van der Waals surface area contributed by atoms with Crippen molar-refractivity contribution in [2.75, 3.05) is 13.1 Å². The quantitative estimate of drug-likeness (QED) is 0.488. The molecule has 8 heteroatoms. The van der Waals surface area contributed by atoms with Crippen LogP contribution in [-0.4, -0.2) is 49.4 Å². The molecule has 4 aromatic rings. The molecule has 158 valence electrons. The SMILES string of the molecule is Cc1ccc2cc(C(=O)N3CC(c4cc(C)nc5ncnn45)CC(F)(F)C3)ccc2c1. The first-order valence-corrected chi connectivity index (χ1v) is 10.1. The van der Waals surface area contributed by atoms with E-state index in [9.17, 15) is 13.6 Å². The van der Waals surface area contributed by atoms with Crippen LogP contribution in [0.3, 0.4) is 0 Å². The Morgan fingerprint density at radius 2 is 1.87 bits per heavy atom. The van der Waals surface area contributed by atoms with Gasteiger partial charge in [-0.3, -0.25) is 4.79 Å². The Hall–Kier alpha value is -3.42. The highest BCUT2D eigenvalue weighted by molar-refractivity contribution is 5.98. The average molecular weight is 421 g/mol. The van der Waals surface area contributed by atoms with E-state index in [-0.39, 0.29) is 13.0 Å². The van der Waals surface area contributed by atoms with Gasteiger partial charge in [-0.2, -0.15) is 10.1 Å². The van der Waals surface area contributed by atoms with Gasteiger partial charge in [0.25, 0.3) is 17.6 Å². The van der Waals surface area contributed by atoms with Crippen LogP contribution in [0.25, 0.3) is 16.6 Å². The number of rotatable bonds is 2. The second kappa shape index (κ2) is 7.08. The molecule has 5 rings (SSSR count). The lowest BCUT2D eigenvalue weighted by Crippen LogP contribution is -2.49.